The Morgan fingerprint density at radius 1 is 1.47 bits per heavy atom. The SMILES string of the molecule is CCOC(=O)C(CC)(Cc1cc(C)nn1C)C(=O)O. The molecule has 1 aromatic rings. The summed E-state index contributed by atoms with van der Waals surface area (Å²) in [6.07, 6.45) is 0.250. The second-order valence-electron chi connectivity index (χ2n) is 4.54. The molecule has 1 aromatic heterocycles. The van der Waals surface area contributed by atoms with Gasteiger partial charge in [0.1, 0.15) is 0 Å². The summed E-state index contributed by atoms with van der Waals surface area (Å²) in [4.78, 5) is 23.6. The second kappa shape index (κ2) is 5.86. The van der Waals surface area contributed by atoms with Gasteiger partial charge in [0.15, 0.2) is 5.41 Å². The molecule has 1 N–H and O–H groups in total. The molecule has 1 unspecified atom stereocenters. The summed E-state index contributed by atoms with van der Waals surface area (Å²) in [7, 11) is 1.73. The van der Waals surface area contributed by atoms with Crippen molar-refractivity contribution in [1.82, 2.24) is 9.78 Å². The van der Waals surface area contributed by atoms with E-state index in [0.29, 0.717) is 5.69 Å². The van der Waals surface area contributed by atoms with Gasteiger partial charge in [-0.2, -0.15) is 5.10 Å². The molecule has 0 saturated carbocycles. The molecule has 0 saturated heterocycles. The number of rotatable bonds is 6. The predicted octanol–water partition coefficient (Wildman–Crippen LogP) is 1.32. The van der Waals surface area contributed by atoms with E-state index in [-0.39, 0.29) is 19.4 Å². The zero-order chi connectivity index (χ0) is 14.6. The number of ether oxygens (including phenoxy) is 1. The van der Waals surface area contributed by atoms with Crippen molar-refractivity contribution in [3.05, 3.63) is 17.5 Å². The number of carboxylic acid groups (broad SMARTS) is 1. The molecule has 0 amide bonds. The molecule has 0 aliphatic rings. The largest absolute Gasteiger partial charge is 0.480 e. The highest BCUT2D eigenvalue weighted by molar-refractivity contribution is 5.99. The number of aliphatic carboxylic acids is 1. The fourth-order valence-corrected chi connectivity index (χ4v) is 2.06. The molecule has 0 aliphatic heterocycles. The van der Waals surface area contributed by atoms with Gasteiger partial charge in [-0.3, -0.25) is 14.3 Å². The van der Waals surface area contributed by atoms with E-state index in [9.17, 15) is 14.7 Å². The Labute approximate surface area is 112 Å². The maximum atomic E-state index is 12.0. The van der Waals surface area contributed by atoms with Crippen molar-refractivity contribution < 1.29 is 19.4 Å². The van der Waals surface area contributed by atoms with Crippen LogP contribution in [0.2, 0.25) is 0 Å². The summed E-state index contributed by atoms with van der Waals surface area (Å²) in [6, 6.07) is 1.78. The third kappa shape index (κ3) is 2.94. The van der Waals surface area contributed by atoms with E-state index in [4.69, 9.17) is 4.74 Å². The summed E-state index contributed by atoms with van der Waals surface area (Å²) < 4.78 is 6.53. The van der Waals surface area contributed by atoms with Gasteiger partial charge in [-0.25, -0.2) is 0 Å². The molecule has 1 heterocycles. The first-order valence-corrected chi connectivity index (χ1v) is 6.27. The number of carbonyl (C=O) groups excluding carboxylic acids is 1. The molecule has 106 valence electrons. The third-order valence-corrected chi connectivity index (χ3v) is 3.26. The molecule has 6 heteroatoms. The lowest BCUT2D eigenvalue weighted by Gasteiger charge is -2.25. The number of hydrogen-bond donors (Lipinski definition) is 1. The monoisotopic (exact) mass is 268 g/mol. The number of nitrogens with zero attached hydrogens (tertiary/aromatic N) is 2. The maximum Gasteiger partial charge on any atom is 0.323 e. The summed E-state index contributed by atoms with van der Waals surface area (Å²) >= 11 is 0. The van der Waals surface area contributed by atoms with E-state index in [1.54, 1.807) is 31.6 Å². The Morgan fingerprint density at radius 2 is 2.11 bits per heavy atom. The van der Waals surface area contributed by atoms with E-state index in [2.05, 4.69) is 5.10 Å². The van der Waals surface area contributed by atoms with Crippen LogP contribution < -0.4 is 0 Å². The van der Waals surface area contributed by atoms with Crippen LogP contribution in [0.1, 0.15) is 31.7 Å². The topological polar surface area (TPSA) is 81.4 Å². The zero-order valence-corrected chi connectivity index (χ0v) is 11.8. The first kappa shape index (κ1) is 15.2. The molecule has 0 spiro atoms. The number of aryl methyl sites for hydroxylation is 2. The smallest absolute Gasteiger partial charge is 0.323 e. The minimum absolute atomic E-state index is 0.0784. The van der Waals surface area contributed by atoms with Crippen molar-refractivity contribution in [3.63, 3.8) is 0 Å². The van der Waals surface area contributed by atoms with Crippen LogP contribution in [0.4, 0.5) is 0 Å². The molecule has 6 nitrogen and oxygen atoms in total. The first-order valence-electron chi connectivity index (χ1n) is 6.27. The number of aromatic nitrogens is 2. The van der Waals surface area contributed by atoms with Gasteiger partial charge < -0.3 is 9.84 Å². The maximum absolute atomic E-state index is 12.0. The Balaban J connectivity index is 3.14. The number of carboxylic acids is 1. The lowest BCUT2D eigenvalue weighted by molar-refractivity contribution is -0.169. The molecule has 1 rings (SSSR count). The van der Waals surface area contributed by atoms with Gasteiger partial charge >= 0.3 is 11.9 Å². The molecule has 0 fully saturated rings. The molecular weight excluding hydrogens is 248 g/mol. The van der Waals surface area contributed by atoms with Crippen molar-refractivity contribution in [3.8, 4) is 0 Å². The normalized spacial score (nSPS) is 13.9. The fourth-order valence-electron chi connectivity index (χ4n) is 2.06. The average Bonchev–Trinajstić information content (AvgIpc) is 2.64. The highest BCUT2D eigenvalue weighted by Gasteiger charge is 2.46. The standard InChI is InChI=1S/C13H20N2O4/c1-5-13(11(16)17,12(18)19-6-2)8-10-7-9(3)14-15(10)4/h7H,5-6,8H2,1-4H3,(H,16,17). The fraction of sp³-hybridized carbons (Fsp3) is 0.615. The highest BCUT2D eigenvalue weighted by atomic mass is 16.5. The number of esters is 1. The van der Waals surface area contributed by atoms with Crippen molar-refractivity contribution in [2.24, 2.45) is 12.5 Å². The van der Waals surface area contributed by atoms with Crippen molar-refractivity contribution in [1.29, 1.82) is 0 Å². The van der Waals surface area contributed by atoms with Gasteiger partial charge in [-0.1, -0.05) is 6.92 Å². The molecule has 0 aromatic carbocycles. The summed E-state index contributed by atoms with van der Waals surface area (Å²) in [5.74, 6) is -1.85. The molecule has 1 atom stereocenters. The van der Waals surface area contributed by atoms with E-state index < -0.39 is 17.4 Å². The molecule has 19 heavy (non-hydrogen) atoms. The summed E-state index contributed by atoms with van der Waals surface area (Å²) in [5.41, 5.74) is -0.0532. The minimum Gasteiger partial charge on any atom is -0.480 e. The van der Waals surface area contributed by atoms with Gasteiger partial charge in [0, 0.05) is 19.2 Å². The first-order chi connectivity index (χ1) is 8.87. The number of hydrogen-bond acceptors (Lipinski definition) is 4. The number of carbonyl (C=O) groups is 2. The van der Waals surface area contributed by atoms with E-state index in [1.807, 2.05) is 6.92 Å². The van der Waals surface area contributed by atoms with Crippen LogP contribution in [0.25, 0.3) is 0 Å². The van der Waals surface area contributed by atoms with Crippen LogP contribution >= 0.6 is 0 Å². The lowest BCUT2D eigenvalue weighted by Crippen LogP contribution is -2.42. The zero-order valence-electron chi connectivity index (χ0n) is 11.8. The Hall–Kier alpha value is -1.85. The Morgan fingerprint density at radius 3 is 2.47 bits per heavy atom. The molecule has 0 bridgehead atoms. The van der Waals surface area contributed by atoms with E-state index in [1.165, 1.54) is 0 Å². The van der Waals surface area contributed by atoms with Crippen LogP contribution in [0.5, 0.6) is 0 Å². The van der Waals surface area contributed by atoms with Crippen LogP contribution in [-0.4, -0.2) is 33.4 Å². The van der Waals surface area contributed by atoms with Gasteiger partial charge in [0.2, 0.25) is 0 Å². The van der Waals surface area contributed by atoms with Crippen LogP contribution in [-0.2, 0) is 27.8 Å². The predicted molar refractivity (Wildman–Crippen MR) is 68.6 cm³/mol. The minimum atomic E-state index is -1.55. The quantitative estimate of drug-likeness (QED) is 0.621. The third-order valence-electron chi connectivity index (χ3n) is 3.26. The van der Waals surface area contributed by atoms with Crippen molar-refractivity contribution >= 4 is 11.9 Å². The summed E-state index contributed by atoms with van der Waals surface area (Å²) in [5, 5.41) is 13.6. The molecule has 0 radical (unpaired) electrons. The Kier molecular flexibility index (Phi) is 4.69. The van der Waals surface area contributed by atoms with Crippen molar-refractivity contribution in [2.75, 3.05) is 6.61 Å². The second-order valence-corrected chi connectivity index (χ2v) is 4.54. The van der Waals surface area contributed by atoms with Crippen LogP contribution in [0.3, 0.4) is 0 Å². The Bertz CT molecular complexity index is 481. The molecular formula is C13H20N2O4. The van der Waals surface area contributed by atoms with Gasteiger partial charge in [-0.15, -0.1) is 0 Å². The van der Waals surface area contributed by atoms with E-state index >= 15 is 0 Å². The molecule has 0 aliphatic carbocycles. The van der Waals surface area contributed by atoms with E-state index in [0.717, 1.165) is 5.69 Å². The average molecular weight is 268 g/mol. The van der Waals surface area contributed by atoms with Crippen LogP contribution in [0.15, 0.2) is 6.07 Å². The summed E-state index contributed by atoms with van der Waals surface area (Å²) in [6.45, 7) is 5.32. The van der Waals surface area contributed by atoms with Crippen molar-refractivity contribution in [2.45, 2.75) is 33.6 Å². The highest BCUT2D eigenvalue weighted by Crippen LogP contribution is 2.29. The van der Waals surface area contributed by atoms with Gasteiger partial charge in [-0.05, 0) is 26.3 Å². The van der Waals surface area contributed by atoms with Gasteiger partial charge in [0.25, 0.3) is 0 Å². The van der Waals surface area contributed by atoms with Crippen LogP contribution in [0, 0.1) is 12.3 Å². The van der Waals surface area contributed by atoms with Gasteiger partial charge in [0.05, 0.1) is 12.3 Å². The lowest BCUT2D eigenvalue weighted by atomic mass is 9.80.